The third-order valence-electron chi connectivity index (χ3n) is 3.68. The monoisotopic (exact) mass is 345 g/mol. The number of halogens is 3. The van der Waals surface area contributed by atoms with Crippen LogP contribution >= 0.6 is 0 Å². The molecule has 3 aromatic rings. The van der Waals surface area contributed by atoms with Gasteiger partial charge in [-0.25, -0.2) is 5.10 Å². The number of nitrogens with zero attached hydrogens (tertiary/aromatic N) is 1. The van der Waals surface area contributed by atoms with Crippen molar-refractivity contribution in [1.29, 1.82) is 0 Å². The van der Waals surface area contributed by atoms with Crippen LogP contribution in [-0.4, -0.2) is 10.2 Å². The Balaban J connectivity index is 1.77. The molecule has 0 aliphatic carbocycles. The molecule has 25 heavy (non-hydrogen) atoms. The zero-order chi connectivity index (χ0) is 17.9. The van der Waals surface area contributed by atoms with Crippen LogP contribution in [0.4, 0.5) is 18.9 Å². The molecule has 0 unspecified atom stereocenters. The predicted octanol–water partition coefficient (Wildman–Crippen LogP) is 4.07. The Bertz CT molecular complexity index is 903. The van der Waals surface area contributed by atoms with Crippen molar-refractivity contribution in [2.45, 2.75) is 12.7 Å². The minimum Gasteiger partial charge on any atom is -0.379 e. The largest absolute Gasteiger partial charge is 0.423 e. The molecule has 1 aromatic heterocycles. The summed E-state index contributed by atoms with van der Waals surface area (Å²) in [6.07, 6.45) is -3.79. The van der Waals surface area contributed by atoms with Gasteiger partial charge in [0.25, 0.3) is 5.56 Å². The summed E-state index contributed by atoms with van der Waals surface area (Å²) in [5.41, 5.74) is -0.0323. The van der Waals surface area contributed by atoms with E-state index < -0.39 is 17.3 Å². The maximum atomic E-state index is 13.0. The Hall–Kier alpha value is -3.09. The van der Waals surface area contributed by atoms with E-state index in [1.165, 1.54) is 0 Å². The van der Waals surface area contributed by atoms with E-state index >= 15 is 0 Å². The van der Waals surface area contributed by atoms with Crippen molar-refractivity contribution >= 4 is 5.69 Å². The minimum absolute atomic E-state index is 0.142. The fraction of sp³-hybridized carbons (Fsp3) is 0.111. The molecule has 0 aliphatic heterocycles. The lowest BCUT2D eigenvalue weighted by atomic mass is 10.0. The molecule has 7 heteroatoms. The number of rotatable bonds is 4. The zero-order valence-electron chi connectivity index (χ0n) is 13.0. The van der Waals surface area contributed by atoms with Crippen LogP contribution in [0.5, 0.6) is 0 Å². The van der Waals surface area contributed by atoms with Crippen LogP contribution in [0.2, 0.25) is 0 Å². The van der Waals surface area contributed by atoms with E-state index in [9.17, 15) is 18.0 Å². The van der Waals surface area contributed by atoms with Gasteiger partial charge in [-0.3, -0.25) is 4.79 Å². The molecule has 0 radical (unpaired) electrons. The van der Waals surface area contributed by atoms with Crippen LogP contribution in [0.15, 0.2) is 65.6 Å². The number of aromatic amines is 1. The zero-order valence-corrected chi connectivity index (χ0v) is 13.0. The average molecular weight is 345 g/mol. The second-order valence-corrected chi connectivity index (χ2v) is 5.40. The number of benzene rings is 2. The molecule has 0 spiro atoms. The first kappa shape index (κ1) is 16.8. The molecule has 4 nitrogen and oxygen atoms in total. The van der Waals surface area contributed by atoms with E-state index in [0.29, 0.717) is 0 Å². The third-order valence-corrected chi connectivity index (χ3v) is 3.68. The minimum atomic E-state index is -4.75. The summed E-state index contributed by atoms with van der Waals surface area (Å²) in [5.74, 6) is 0. The summed E-state index contributed by atoms with van der Waals surface area (Å²) in [7, 11) is 0. The number of hydrogen-bond donors (Lipinski definition) is 2. The molecule has 0 bridgehead atoms. The van der Waals surface area contributed by atoms with Crippen LogP contribution in [0, 0.1) is 0 Å². The first-order chi connectivity index (χ1) is 11.9. The molecular formula is C18H14F3N3O. The molecule has 0 saturated heterocycles. The first-order valence-electron chi connectivity index (χ1n) is 7.48. The summed E-state index contributed by atoms with van der Waals surface area (Å²) >= 11 is 0. The number of nitrogens with one attached hydrogen (secondary N) is 2. The Morgan fingerprint density at radius 2 is 1.60 bits per heavy atom. The van der Waals surface area contributed by atoms with Crippen LogP contribution in [0.25, 0.3) is 11.1 Å². The summed E-state index contributed by atoms with van der Waals surface area (Å²) < 4.78 is 39.0. The second kappa shape index (κ2) is 6.80. The SMILES string of the molecule is O=c1[nH]ncc(NCc2ccc(-c3ccccc3)cc2)c1C(F)(F)F. The van der Waals surface area contributed by atoms with Crippen LogP contribution in [0.3, 0.4) is 0 Å². The van der Waals surface area contributed by atoms with Crippen molar-refractivity contribution < 1.29 is 13.2 Å². The molecule has 0 fully saturated rings. The standard InChI is InChI=1S/C18H14F3N3O/c19-18(20,21)16-15(11-23-24-17(16)25)22-10-12-6-8-14(9-7-12)13-4-2-1-3-5-13/h1-9,11H,10H2,(H2,22,24,25). The van der Waals surface area contributed by atoms with Gasteiger partial charge in [0.05, 0.1) is 11.9 Å². The average Bonchev–Trinajstić information content (AvgIpc) is 2.60. The van der Waals surface area contributed by atoms with Gasteiger partial charge >= 0.3 is 6.18 Å². The molecule has 0 aliphatic rings. The normalized spacial score (nSPS) is 11.3. The number of hydrogen-bond acceptors (Lipinski definition) is 3. The highest BCUT2D eigenvalue weighted by molar-refractivity contribution is 5.63. The summed E-state index contributed by atoms with van der Waals surface area (Å²) in [6, 6.07) is 17.2. The number of alkyl halides is 3. The second-order valence-electron chi connectivity index (χ2n) is 5.40. The molecule has 0 saturated carbocycles. The van der Waals surface area contributed by atoms with Gasteiger partial charge in [-0.15, -0.1) is 0 Å². The van der Waals surface area contributed by atoms with Gasteiger partial charge < -0.3 is 5.32 Å². The van der Waals surface area contributed by atoms with E-state index in [1.807, 2.05) is 54.6 Å². The maximum absolute atomic E-state index is 13.0. The quantitative estimate of drug-likeness (QED) is 0.749. The van der Waals surface area contributed by atoms with Crippen molar-refractivity contribution in [3.05, 3.63) is 82.3 Å². The van der Waals surface area contributed by atoms with E-state index in [1.54, 1.807) is 5.10 Å². The highest BCUT2D eigenvalue weighted by Crippen LogP contribution is 2.31. The highest BCUT2D eigenvalue weighted by atomic mass is 19.4. The van der Waals surface area contributed by atoms with Gasteiger partial charge in [0.2, 0.25) is 0 Å². The highest BCUT2D eigenvalue weighted by Gasteiger charge is 2.37. The van der Waals surface area contributed by atoms with E-state index in [-0.39, 0.29) is 12.2 Å². The van der Waals surface area contributed by atoms with Gasteiger partial charge in [-0.2, -0.15) is 18.3 Å². The molecule has 2 N–H and O–H groups in total. The Morgan fingerprint density at radius 3 is 2.24 bits per heavy atom. The molecule has 0 amide bonds. The lowest BCUT2D eigenvalue weighted by Gasteiger charge is -2.13. The van der Waals surface area contributed by atoms with Crippen molar-refractivity contribution in [2.75, 3.05) is 5.32 Å². The van der Waals surface area contributed by atoms with Gasteiger partial charge in [0, 0.05) is 6.54 Å². The van der Waals surface area contributed by atoms with Gasteiger partial charge in [-0.05, 0) is 16.7 Å². The van der Waals surface area contributed by atoms with E-state index in [2.05, 4.69) is 10.4 Å². The number of aromatic nitrogens is 2. The fourth-order valence-corrected chi connectivity index (χ4v) is 2.46. The Morgan fingerprint density at radius 1 is 0.960 bits per heavy atom. The van der Waals surface area contributed by atoms with Crippen molar-refractivity contribution in [2.24, 2.45) is 0 Å². The lowest BCUT2D eigenvalue weighted by molar-refractivity contribution is -0.138. The topological polar surface area (TPSA) is 57.8 Å². The van der Waals surface area contributed by atoms with E-state index in [4.69, 9.17) is 0 Å². The molecule has 3 rings (SSSR count). The van der Waals surface area contributed by atoms with Crippen LogP contribution in [0.1, 0.15) is 11.1 Å². The van der Waals surface area contributed by atoms with Gasteiger partial charge in [-0.1, -0.05) is 54.6 Å². The van der Waals surface area contributed by atoms with Crippen LogP contribution < -0.4 is 10.9 Å². The van der Waals surface area contributed by atoms with E-state index in [0.717, 1.165) is 22.9 Å². The van der Waals surface area contributed by atoms with Crippen LogP contribution in [-0.2, 0) is 12.7 Å². The molecule has 128 valence electrons. The van der Waals surface area contributed by atoms with Crippen molar-refractivity contribution in [3.8, 4) is 11.1 Å². The van der Waals surface area contributed by atoms with Crippen molar-refractivity contribution in [1.82, 2.24) is 10.2 Å². The van der Waals surface area contributed by atoms with Crippen molar-refractivity contribution in [3.63, 3.8) is 0 Å². The first-order valence-corrected chi connectivity index (χ1v) is 7.48. The number of anilines is 1. The molecular weight excluding hydrogens is 331 g/mol. The smallest absolute Gasteiger partial charge is 0.379 e. The lowest BCUT2D eigenvalue weighted by Crippen LogP contribution is -2.24. The molecule has 2 aromatic carbocycles. The Kier molecular flexibility index (Phi) is 4.56. The molecule has 1 heterocycles. The predicted molar refractivity (Wildman–Crippen MR) is 89.1 cm³/mol. The van der Waals surface area contributed by atoms with Gasteiger partial charge in [0.15, 0.2) is 0 Å². The molecule has 0 atom stereocenters. The summed E-state index contributed by atoms with van der Waals surface area (Å²) in [5, 5.41) is 7.86. The summed E-state index contributed by atoms with van der Waals surface area (Å²) in [4.78, 5) is 11.4. The maximum Gasteiger partial charge on any atom is 0.423 e. The Labute approximate surface area is 141 Å². The third kappa shape index (κ3) is 3.88. The number of H-pyrrole nitrogens is 1. The fourth-order valence-electron chi connectivity index (χ4n) is 2.46. The van der Waals surface area contributed by atoms with Gasteiger partial charge in [0.1, 0.15) is 5.56 Å². The summed E-state index contributed by atoms with van der Waals surface area (Å²) in [6.45, 7) is 0.142.